The van der Waals surface area contributed by atoms with Crippen LogP contribution < -0.4 is 5.32 Å². The van der Waals surface area contributed by atoms with Gasteiger partial charge in [-0.1, -0.05) is 18.2 Å². The Morgan fingerprint density at radius 3 is 3.08 bits per heavy atom. The number of piperidine rings is 1. The molecule has 2 aliphatic heterocycles. The lowest BCUT2D eigenvalue weighted by Crippen LogP contribution is -2.36. The molecule has 6 heteroatoms. The van der Waals surface area contributed by atoms with Crippen LogP contribution in [0.5, 0.6) is 0 Å². The molecule has 0 unspecified atom stereocenters. The van der Waals surface area contributed by atoms with Crippen molar-refractivity contribution >= 4 is 10.9 Å². The van der Waals surface area contributed by atoms with Gasteiger partial charge in [0.25, 0.3) is 0 Å². The molecule has 0 aliphatic carbocycles. The quantitative estimate of drug-likeness (QED) is 0.787. The van der Waals surface area contributed by atoms with E-state index >= 15 is 0 Å². The summed E-state index contributed by atoms with van der Waals surface area (Å²) in [7, 11) is 0. The molecule has 3 aromatic rings. The third kappa shape index (κ3) is 2.89. The molecule has 0 bridgehead atoms. The van der Waals surface area contributed by atoms with E-state index in [0.29, 0.717) is 5.92 Å². The Hall–Kier alpha value is -2.31. The predicted molar refractivity (Wildman–Crippen MR) is 101 cm³/mol. The molecule has 2 aromatic heterocycles. The molecule has 134 valence electrons. The van der Waals surface area contributed by atoms with Gasteiger partial charge in [-0.15, -0.1) is 10.2 Å². The predicted octanol–water partition coefficient (Wildman–Crippen LogP) is 2.31. The van der Waals surface area contributed by atoms with Gasteiger partial charge >= 0.3 is 0 Å². The van der Waals surface area contributed by atoms with Gasteiger partial charge in [0, 0.05) is 43.7 Å². The summed E-state index contributed by atoms with van der Waals surface area (Å²) >= 11 is 0. The van der Waals surface area contributed by atoms with Crippen LogP contribution in [0.2, 0.25) is 0 Å². The number of fused-ring (bicyclic) bond motifs is 2. The van der Waals surface area contributed by atoms with Crippen molar-refractivity contribution in [1.82, 2.24) is 30.0 Å². The van der Waals surface area contributed by atoms with Gasteiger partial charge in [-0.25, -0.2) is 0 Å². The van der Waals surface area contributed by atoms with Crippen LogP contribution in [0.3, 0.4) is 0 Å². The Morgan fingerprint density at radius 1 is 1.12 bits per heavy atom. The Kier molecular flexibility index (Phi) is 4.15. The van der Waals surface area contributed by atoms with E-state index in [1.54, 1.807) is 0 Å². The van der Waals surface area contributed by atoms with Crippen molar-refractivity contribution in [3.63, 3.8) is 0 Å². The minimum atomic E-state index is 0.483. The number of hydrogen-bond donors (Lipinski definition) is 1. The fourth-order valence-electron chi connectivity index (χ4n) is 4.36. The zero-order valence-electron chi connectivity index (χ0n) is 14.9. The molecule has 6 nitrogen and oxygen atoms in total. The van der Waals surface area contributed by atoms with E-state index in [4.69, 9.17) is 0 Å². The summed E-state index contributed by atoms with van der Waals surface area (Å²) in [6.45, 7) is 6.02. The summed E-state index contributed by atoms with van der Waals surface area (Å²) in [6.07, 6.45) is 4.36. The lowest BCUT2D eigenvalue weighted by Gasteiger charge is -2.33. The highest BCUT2D eigenvalue weighted by Gasteiger charge is 2.27. The van der Waals surface area contributed by atoms with Crippen LogP contribution >= 0.6 is 0 Å². The van der Waals surface area contributed by atoms with Gasteiger partial charge < -0.3 is 9.88 Å². The second kappa shape index (κ2) is 6.78. The maximum atomic E-state index is 4.55. The number of hydrogen-bond acceptors (Lipinski definition) is 5. The largest absolute Gasteiger partial charge is 0.312 e. The molecule has 5 rings (SSSR count). The van der Waals surface area contributed by atoms with Crippen molar-refractivity contribution in [3.8, 4) is 0 Å². The number of rotatable bonds is 3. The Bertz CT molecular complexity index is 912. The van der Waals surface area contributed by atoms with Gasteiger partial charge in [-0.3, -0.25) is 9.88 Å². The molecule has 1 N–H and O–H groups in total. The number of nitrogens with one attached hydrogen (secondary N) is 1. The van der Waals surface area contributed by atoms with Crippen molar-refractivity contribution in [3.05, 3.63) is 53.7 Å². The SMILES string of the molecule is c1ccc2c(CN3CCC[C@H](c4nnc5n4CCNC5)C3)ccnc2c1. The lowest BCUT2D eigenvalue weighted by atomic mass is 9.96. The van der Waals surface area contributed by atoms with E-state index in [0.717, 1.165) is 50.6 Å². The smallest absolute Gasteiger partial charge is 0.147 e. The van der Waals surface area contributed by atoms with Gasteiger partial charge in [0.15, 0.2) is 0 Å². The van der Waals surface area contributed by atoms with Gasteiger partial charge in [0.2, 0.25) is 0 Å². The lowest BCUT2D eigenvalue weighted by molar-refractivity contribution is 0.194. The first-order valence-corrected chi connectivity index (χ1v) is 9.56. The zero-order chi connectivity index (χ0) is 17.3. The summed E-state index contributed by atoms with van der Waals surface area (Å²) in [5, 5.41) is 13.6. The molecular formula is C20H24N6. The third-order valence-electron chi connectivity index (χ3n) is 5.66. The molecular weight excluding hydrogens is 324 g/mol. The molecule has 26 heavy (non-hydrogen) atoms. The van der Waals surface area contributed by atoms with Crippen LogP contribution in [0.1, 0.15) is 36.0 Å². The second-order valence-corrected chi connectivity index (χ2v) is 7.36. The first-order chi connectivity index (χ1) is 12.9. The first kappa shape index (κ1) is 15.9. The maximum Gasteiger partial charge on any atom is 0.147 e. The molecule has 0 saturated carbocycles. The highest BCUT2D eigenvalue weighted by molar-refractivity contribution is 5.81. The number of benzene rings is 1. The monoisotopic (exact) mass is 348 g/mol. The number of nitrogens with zero attached hydrogens (tertiary/aromatic N) is 5. The van der Waals surface area contributed by atoms with Crippen LogP contribution in [0.15, 0.2) is 36.5 Å². The Labute approximate surface area is 153 Å². The number of aromatic nitrogens is 4. The molecule has 1 aromatic carbocycles. The fraction of sp³-hybridized carbons (Fsp3) is 0.450. The zero-order valence-corrected chi connectivity index (χ0v) is 14.9. The van der Waals surface area contributed by atoms with Gasteiger partial charge in [-0.05, 0) is 37.1 Å². The molecule has 4 heterocycles. The number of likely N-dealkylation sites (tertiary alicyclic amines) is 1. The molecule has 1 atom stereocenters. The second-order valence-electron chi connectivity index (χ2n) is 7.36. The van der Waals surface area contributed by atoms with Crippen molar-refractivity contribution in [2.45, 2.75) is 38.4 Å². The number of para-hydroxylation sites is 1. The first-order valence-electron chi connectivity index (χ1n) is 9.56. The molecule has 2 aliphatic rings. The van der Waals surface area contributed by atoms with E-state index in [-0.39, 0.29) is 0 Å². The van der Waals surface area contributed by atoms with Crippen LogP contribution in [0.4, 0.5) is 0 Å². The minimum Gasteiger partial charge on any atom is -0.312 e. The summed E-state index contributed by atoms with van der Waals surface area (Å²) in [4.78, 5) is 7.06. The van der Waals surface area contributed by atoms with Crippen molar-refractivity contribution < 1.29 is 0 Å². The van der Waals surface area contributed by atoms with E-state index in [2.05, 4.69) is 60.3 Å². The molecule has 1 saturated heterocycles. The molecule has 0 spiro atoms. The average molecular weight is 348 g/mol. The molecule has 1 fully saturated rings. The fourth-order valence-corrected chi connectivity index (χ4v) is 4.36. The summed E-state index contributed by atoms with van der Waals surface area (Å²) in [5.74, 6) is 2.76. The molecule has 0 amide bonds. The van der Waals surface area contributed by atoms with Crippen LogP contribution in [-0.4, -0.2) is 44.3 Å². The van der Waals surface area contributed by atoms with Crippen LogP contribution in [0.25, 0.3) is 10.9 Å². The van der Waals surface area contributed by atoms with Crippen molar-refractivity contribution in [1.29, 1.82) is 0 Å². The van der Waals surface area contributed by atoms with Crippen molar-refractivity contribution in [2.24, 2.45) is 0 Å². The van der Waals surface area contributed by atoms with Gasteiger partial charge in [-0.2, -0.15) is 0 Å². The van der Waals surface area contributed by atoms with Crippen molar-refractivity contribution in [2.75, 3.05) is 19.6 Å². The van der Waals surface area contributed by atoms with Crippen LogP contribution in [0, 0.1) is 0 Å². The van der Waals surface area contributed by atoms with Gasteiger partial charge in [0.1, 0.15) is 11.6 Å². The van der Waals surface area contributed by atoms with Gasteiger partial charge in [0.05, 0.1) is 12.1 Å². The summed E-state index contributed by atoms with van der Waals surface area (Å²) in [6, 6.07) is 10.6. The average Bonchev–Trinajstić information content (AvgIpc) is 3.13. The standard InChI is InChI=1S/C20H24N6/c1-2-6-18-17(5-1)15(7-8-22-18)13-25-10-3-4-16(14-25)20-24-23-19-12-21-9-11-26(19)20/h1-2,5-8,16,21H,3-4,9-14H2/t16-/m0/s1. The molecule has 0 radical (unpaired) electrons. The minimum absolute atomic E-state index is 0.483. The summed E-state index contributed by atoms with van der Waals surface area (Å²) < 4.78 is 2.34. The topological polar surface area (TPSA) is 58.9 Å². The van der Waals surface area contributed by atoms with E-state index in [1.807, 2.05) is 6.20 Å². The highest BCUT2D eigenvalue weighted by Crippen LogP contribution is 2.28. The Morgan fingerprint density at radius 2 is 2.08 bits per heavy atom. The van der Waals surface area contributed by atoms with Crippen LogP contribution in [-0.2, 0) is 19.6 Å². The van der Waals surface area contributed by atoms with E-state index in [1.165, 1.54) is 29.6 Å². The maximum absolute atomic E-state index is 4.55. The van der Waals surface area contributed by atoms with E-state index < -0.39 is 0 Å². The van der Waals surface area contributed by atoms with E-state index in [9.17, 15) is 0 Å². The highest BCUT2D eigenvalue weighted by atomic mass is 15.3. The number of pyridine rings is 1. The summed E-state index contributed by atoms with van der Waals surface area (Å²) in [5.41, 5.74) is 2.45. The normalized spacial score (nSPS) is 21.0. The third-order valence-corrected chi connectivity index (χ3v) is 5.66. The Balaban J connectivity index is 1.37.